The molecule has 8 heteroatoms. The lowest BCUT2D eigenvalue weighted by molar-refractivity contribution is -0.116. The van der Waals surface area contributed by atoms with Crippen LogP contribution in [0.2, 0.25) is 0 Å². The summed E-state index contributed by atoms with van der Waals surface area (Å²) in [4.78, 5) is 43.4. The number of benzene rings is 2. The highest BCUT2D eigenvalue weighted by molar-refractivity contribution is 7.20. The number of carbonyl (C=O) groups excluding carboxylic acids is 2. The highest BCUT2D eigenvalue weighted by Crippen LogP contribution is 2.27. The second-order valence-electron chi connectivity index (χ2n) is 8.15. The molecule has 1 amide bonds. The molecule has 4 aromatic rings. The minimum absolute atomic E-state index is 0.179. The topological polar surface area (TPSA) is 90.3 Å². The molecule has 174 valence electrons. The van der Waals surface area contributed by atoms with E-state index in [1.807, 2.05) is 62.4 Å². The molecule has 0 saturated carbocycles. The number of carbonyl (C=O) groups is 2. The number of rotatable bonds is 7. The van der Waals surface area contributed by atoms with E-state index in [4.69, 9.17) is 4.74 Å². The number of nitrogens with one attached hydrogen (secondary N) is 1. The smallest absolute Gasteiger partial charge is 0.348 e. The van der Waals surface area contributed by atoms with Crippen molar-refractivity contribution in [3.05, 3.63) is 92.3 Å². The molecule has 0 aliphatic carbocycles. The van der Waals surface area contributed by atoms with Gasteiger partial charge in [0.1, 0.15) is 16.3 Å². The first-order chi connectivity index (χ1) is 16.3. The molecule has 2 heterocycles. The van der Waals surface area contributed by atoms with E-state index in [1.54, 1.807) is 6.92 Å². The summed E-state index contributed by atoms with van der Waals surface area (Å²) in [6.07, 6.45) is 1.95. The van der Waals surface area contributed by atoms with Crippen molar-refractivity contribution in [1.82, 2.24) is 9.55 Å². The predicted molar refractivity (Wildman–Crippen MR) is 134 cm³/mol. The molecule has 7 nitrogen and oxygen atoms in total. The summed E-state index contributed by atoms with van der Waals surface area (Å²) >= 11 is 1.13. The Morgan fingerprint density at radius 1 is 1.09 bits per heavy atom. The average molecular weight is 476 g/mol. The Bertz CT molecular complexity index is 1420. The van der Waals surface area contributed by atoms with Crippen molar-refractivity contribution in [2.45, 2.75) is 33.7 Å². The van der Waals surface area contributed by atoms with Crippen LogP contribution in [-0.2, 0) is 22.5 Å². The van der Waals surface area contributed by atoms with Crippen LogP contribution in [0.5, 0.6) is 0 Å². The monoisotopic (exact) mass is 475 g/mol. The van der Waals surface area contributed by atoms with E-state index in [2.05, 4.69) is 10.3 Å². The number of hydrogen-bond donors (Lipinski definition) is 1. The Hall–Kier alpha value is -3.78. The van der Waals surface area contributed by atoms with Gasteiger partial charge in [0.2, 0.25) is 5.91 Å². The zero-order valence-corrected chi connectivity index (χ0v) is 20.1. The number of nitrogens with zero attached hydrogens (tertiary/aromatic N) is 2. The molecule has 0 radical (unpaired) electrons. The van der Waals surface area contributed by atoms with Crippen molar-refractivity contribution in [1.29, 1.82) is 0 Å². The third-order valence-corrected chi connectivity index (χ3v) is 6.72. The van der Waals surface area contributed by atoms with Crippen LogP contribution in [0, 0.1) is 20.8 Å². The predicted octanol–water partition coefficient (Wildman–Crippen LogP) is 4.42. The molecule has 0 spiro atoms. The van der Waals surface area contributed by atoms with Crippen molar-refractivity contribution >= 4 is 39.1 Å². The first-order valence-corrected chi connectivity index (χ1v) is 11.7. The van der Waals surface area contributed by atoms with Crippen LogP contribution in [0.1, 0.15) is 31.9 Å². The second-order valence-corrected chi connectivity index (χ2v) is 9.15. The molecule has 2 aromatic carbocycles. The minimum Gasteiger partial charge on any atom is -0.461 e. The maximum atomic E-state index is 13.1. The SMILES string of the molecule is Cc1ccc(NC(=O)Cn2cnc3sc(C(=O)OCCc4ccccc4)c(C)c3c2=O)c(C)c1. The van der Waals surface area contributed by atoms with Gasteiger partial charge in [-0.1, -0.05) is 48.0 Å². The Balaban J connectivity index is 1.48. The zero-order chi connectivity index (χ0) is 24.2. The lowest BCUT2D eigenvalue weighted by Crippen LogP contribution is -2.28. The number of amides is 1. The van der Waals surface area contributed by atoms with E-state index >= 15 is 0 Å². The van der Waals surface area contributed by atoms with Crippen molar-refractivity contribution < 1.29 is 14.3 Å². The van der Waals surface area contributed by atoms with E-state index in [0.29, 0.717) is 32.8 Å². The average Bonchev–Trinajstić information content (AvgIpc) is 3.15. The van der Waals surface area contributed by atoms with Crippen molar-refractivity contribution in [3.8, 4) is 0 Å². The Labute approximate surface area is 201 Å². The van der Waals surface area contributed by atoms with E-state index in [9.17, 15) is 14.4 Å². The third-order valence-electron chi connectivity index (χ3n) is 5.54. The van der Waals surface area contributed by atoms with Crippen LogP contribution in [0.4, 0.5) is 5.69 Å². The summed E-state index contributed by atoms with van der Waals surface area (Å²) in [5, 5.41) is 3.17. The number of hydrogen-bond acceptors (Lipinski definition) is 6. The Morgan fingerprint density at radius 3 is 2.59 bits per heavy atom. The molecule has 4 rings (SSSR count). The summed E-state index contributed by atoms with van der Waals surface area (Å²) in [5.41, 5.74) is 3.98. The number of fused-ring (bicyclic) bond motifs is 1. The van der Waals surface area contributed by atoms with Gasteiger partial charge in [-0.15, -0.1) is 11.3 Å². The van der Waals surface area contributed by atoms with Crippen LogP contribution >= 0.6 is 11.3 Å². The summed E-state index contributed by atoms with van der Waals surface area (Å²) in [7, 11) is 0. The second kappa shape index (κ2) is 10.0. The molecule has 1 N–H and O–H groups in total. The van der Waals surface area contributed by atoms with Gasteiger partial charge in [0.15, 0.2) is 0 Å². The first-order valence-electron chi connectivity index (χ1n) is 10.9. The fraction of sp³-hybridized carbons (Fsp3) is 0.231. The van der Waals surface area contributed by atoms with Crippen LogP contribution in [0.25, 0.3) is 10.2 Å². The number of anilines is 1. The molecular formula is C26H25N3O4S. The highest BCUT2D eigenvalue weighted by Gasteiger charge is 2.21. The largest absolute Gasteiger partial charge is 0.461 e. The van der Waals surface area contributed by atoms with Gasteiger partial charge in [-0.25, -0.2) is 9.78 Å². The van der Waals surface area contributed by atoms with E-state index < -0.39 is 5.97 Å². The van der Waals surface area contributed by atoms with Gasteiger partial charge in [0.25, 0.3) is 5.56 Å². The summed E-state index contributed by atoms with van der Waals surface area (Å²) in [6.45, 7) is 5.66. The molecular weight excluding hydrogens is 450 g/mol. The van der Waals surface area contributed by atoms with E-state index in [0.717, 1.165) is 28.0 Å². The molecule has 0 fully saturated rings. The number of esters is 1. The Kier molecular flexibility index (Phi) is 6.88. The molecule has 0 aliphatic heterocycles. The first kappa shape index (κ1) is 23.4. The maximum absolute atomic E-state index is 13.1. The molecule has 34 heavy (non-hydrogen) atoms. The van der Waals surface area contributed by atoms with Gasteiger partial charge in [0.05, 0.1) is 18.3 Å². The van der Waals surface area contributed by atoms with Crippen LogP contribution in [0.15, 0.2) is 59.7 Å². The normalized spacial score (nSPS) is 10.9. The Morgan fingerprint density at radius 2 is 1.85 bits per heavy atom. The lowest BCUT2D eigenvalue weighted by Gasteiger charge is -2.10. The summed E-state index contributed by atoms with van der Waals surface area (Å²) in [5.74, 6) is -0.807. The van der Waals surface area contributed by atoms with Gasteiger partial charge < -0.3 is 10.1 Å². The molecule has 0 atom stereocenters. The fourth-order valence-electron chi connectivity index (χ4n) is 3.74. The third kappa shape index (κ3) is 5.07. The minimum atomic E-state index is -0.477. The summed E-state index contributed by atoms with van der Waals surface area (Å²) < 4.78 is 6.69. The van der Waals surface area contributed by atoms with Gasteiger partial charge in [0, 0.05) is 12.1 Å². The maximum Gasteiger partial charge on any atom is 0.348 e. The van der Waals surface area contributed by atoms with Crippen molar-refractivity contribution in [3.63, 3.8) is 0 Å². The number of aryl methyl sites for hydroxylation is 3. The molecule has 2 aromatic heterocycles. The highest BCUT2D eigenvalue weighted by atomic mass is 32.1. The van der Waals surface area contributed by atoms with Crippen LogP contribution in [-0.4, -0.2) is 28.0 Å². The van der Waals surface area contributed by atoms with Crippen molar-refractivity contribution in [2.75, 3.05) is 11.9 Å². The van der Waals surface area contributed by atoms with Gasteiger partial charge in [-0.3, -0.25) is 14.2 Å². The van der Waals surface area contributed by atoms with Crippen LogP contribution < -0.4 is 10.9 Å². The van der Waals surface area contributed by atoms with Gasteiger partial charge in [-0.05, 0) is 43.5 Å². The molecule has 0 unspecified atom stereocenters. The van der Waals surface area contributed by atoms with Crippen LogP contribution in [0.3, 0.4) is 0 Å². The summed E-state index contributed by atoms with van der Waals surface area (Å²) in [6, 6.07) is 15.5. The molecule has 0 aliphatic rings. The van der Waals surface area contributed by atoms with E-state index in [1.165, 1.54) is 10.9 Å². The molecule has 0 bridgehead atoms. The van der Waals surface area contributed by atoms with E-state index in [-0.39, 0.29) is 24.6 Å². The lowest BCUT2D eigenvalue weighted by atomic mass is 10.1. The fourth-order valence-corrected chi connectivity index (χ4v) is 4.77. The standard InChI is InChI=1S/C26H25N3O4S/c1-16-9-10-20(17(2)13-16)28-21(30)14-29-15-27-24-22(25(29)31)18(3)23(34-24)26(32)33-12-11-19-7-5-4-6-8-19/h4-10,13,15H,11-12,14H2,1-3H3,(H,28,30). The number of aromatic nitrogens is 2. The van der Waals surface area contributed by atoms with Gasteiger partial charge in [-0.2, -0.15) is 0 Å². The quantitative estimate of drug-likeness (QED) is 0.400. The van der Waals surface area contributed by atoms with Gasteiger partial charge >= 0.3 is 5.97 Å². The zero-order valence-electron chi connectivity index (χ0n) is 19.3. The molecule has 0 saturated heterocycles. The number of thiophene rings is 1. The number of ether oxygens (including phenoxy) is 1. The van der Waals surface area contributed by atoms with Crippen molar-refractivity contribution in [2.24, 2.45) is 0 Å².